The van der Waals surface area contributed by atoms with Gasteiger partial charge in [0.25, 0.3) is 0 Å². The van der Waals surface area contributed by atoms with Crippen LogP contribution in [-0.4, -0.2) is 50.1 Å². The van der Waals surface area contributed by atoms with E-state index in [1.165, 1.54) is 29.4 Å². The first-order valence-corrected chi connectivity index (χ1v) is 8.17. The van der Waals surface area contributed by atoms with E-state index in [2.05, 4.69) is 0 Å². The van der Waals surface area contributed by atoms with Crippen molar-refractivity contribution in [3.05, 3.63) is 29.3 Å². The number of hydrogen-bond donors (Lipinski definition) is 1. The number of benzene rings is 1. The fourth-order valence-corrected chi connectivity index (χ4v) is 4.29. The Morgan fingerprint density at radius 3 is 2.48 bits per heavy atom. The first-order valence-electron chi connectivity index (χ1n) is 6.73. The number of carboxylic acid groups (broad SMARTS) is 1. The minimum atomic E-state index is -3.67. The van der Waals surface area contributed by atoms with E-state index in [4.69, 9.17) is 9.84 Å². The Labute approximate surface area is 124 Å². The van der Waals surface area contributed by atoms with Gasteiger partial charge < -0.3 is 9.84 Å². The van der Waals surface area contributed by atoms with E-state index in [0.717, 1.165) is 0 Å². The zero-order chi connectivity index (χ0) is 15.6. The first-order chi connectivity index (χ1) is 9.87. The normalized spacial score (nSPS) is 17.8. The zero-order valence-electron chi connectivity index (χ0n) is 12.1. The average Bonchev–Trinajstić information content (AvgIpc) is 2.47. The Morgan fingerprint density at radius 2 is 1.95 bits per heavy atom. The van der Waals surface area contributed by atoms with Crippen molar-refractivity contribution in [2.24, 2.45) is 0 Å². The molecule has 116 valence electrons. The van der Waals surface area contributed by atoms with Crippen LogP contribution in [0.1, 0.15) is 28.8 Å². The summed E-state index contributed by atoms with van der Waals surface area (Å²) in [5, 5.41) is 9.11. The summed E-state index contributed by atoms with van der Waals surface area (Å²) in [4.78, 5) is 11.2. The maximum atomic E-state index is 12.7. The van der Waals surface area contributed by atoms with Gasteiger partial charge in [0.05, 0.1) is 16.6 Å². The zero-order valence-corrected chi connectivity index (χ0v) is 12.9. The van der Waals surface area contributed by atoms with Crippen LogP contribution in [0.2, 0.25) is 0 Å². The van der Waals surface area contributed by atoms with Gasteiger partial charge in [-0.1, -0.05) is 6.07 Å². The SMILES string of the molecule is COC1CCN(S(=O)(=O)c2cccc(C(=O)O)c2C)CC1. The van der Waals surface area contributed by atoms with Crippen molar-refractivity contribution >= 4 is 16.0 Å². The Morgan fingerprint density at radius 1 is 1.33 bits per heavy atom. The van der Waals surface area contributed by atoms with Crippen molar-refractivity contribution in [1.29, 1.82) is 0 Å². The van der Waals surface area contributed by atoms with E-state index >= 15 is 0 Å². The Bertz CT molecular complexity index is 633. The van der Waals surface area contributed by atoms with E-state index < -0.39 is 16.0 Å². The summed E-state index contributed by atoms with van der Waals surface area (Å²) in [5.74, 6) is -1.12. The number of rotatable bonds is 4. The number of ether oxygens (including phenoxy) is 1. The molecule has 0 aromatic heterocycles. The van der Waals surface area contributed by atoms with Crippen LogP contribution in [0, 0.1) is 6.92 Å². The number of carbonyl (C=O) groups is 1. The minimum absolute atomic E-state index is 0.0165. The van der Waals surface area contributed by atoms with Crippen molar-refractivity contribution in [1.82, 2.24) is 4.31 Å². The van der Waals surface area contributed by atoms with Gasteiger partial charge in [-0.05, 0) is 37.5 Å². The highest BCUT2D eigenvalue weighted by molar-refractivity contribution is 7.89. The molecule has 1 aromatic rings. The van der Waals surface area contributed by atoms with Crippen LogP contribution < -0.4 is 0 Å². The molecule has 0 bridgehead atoms. The lowest BCUT2D eigenvalue weighted by molar-refractivity contribution is 0.0604. The summed E-state index contributed by atoms with van der Waals surface area (Å²) >= 11 is 0. The van der Waals surface area contributed by atoms with E-state index in [1.807, 2.05) is 0 Å². The summed E-state index contributed by atoms with van der Waals surface area (Å²) < 4.78 is 32.0. The van der Waals surface area contributed by atoms with Crippen LogP contribution in [0.25, 0.3) is 0 Å². The van der Waals surface area contributed by atoms with Gasteiger partial charge in [-0.25, -0.2) is 13.2 Å². The molecule has 7 heteroatoms. The molecule has 1 heterocycles. The summed E-state index contributed by atoms with van der Waals surface area (Å²) in [5.41, 5.74) is 0.293. The predicted octanol–water partition coefficient (Wildman–Crippen LogP) is 1.49. The van der Waals surface area contributed by atoms with E-state index in [9.17, 15) is 13.2 Å². The molecule has 1 saturated heterocycles. The van der Waals surface area contributed by atoms with Crippen molar-refractivity contribution in [3.63, 3.8) is 0 Å². The molecular formula is C14H19NO5S. The standard InChI is InChI=1S/C14H19NO5S/c1-10-12(14(16)17)4-3-5-13(10)21(18,19)15-8-6-11(20-2)7-9-15/h3-5,11H,6-9H2,1-2H3,(H,16,17). The summed E-state index contributed by atoms with van der Waals surface area (Å²) in [6, 6.07) is 4.33. The topological polar surface area (TPSA) is 83.9 Å². The number of piperidine rings is 1. The van der Waals surface area contributed by atoms with Gasteiger partial charge in [-0.3, -0.25) is 0 Å². The molecule has 0 atom stereocenters. The first kappa shape index (κ1) is 15.9. The van der Waals surface area contributed by atoms with Crippen molar-refractivity contribution in [2.45, 2.75) is 30.8 Å². The van der Waals surface area contributed by atoms with Crippen molar-refractivity contribution < 1.29 is 23.1 Å². The van der Waals surface area contributed by atoms with E-state index in [1.54, 1.807) is 7.11 Å². The molecule has 1 aliphatic heterocycles. The van der Waals surface area contributed by atoms with E-state index in [-0.39, 0.29) is 22.1 Å². The van der Waals surface area contributed by atoms with Crippen LogP contribution in [0.3, 0.4) is 0 Å². The molecule has 0 amide bonds. The second-order valence-corrected chi connectivity index (χ2v) is 6.98. The molecule has 1 N–H and O–H groups in total. The highest BCUT2D eigenvalue weighted by Gasteiger charge is 2.31. The lowest BCUT2D eigenvalue weighted by atomic mass is 10.1. The number of nitrogens with zero attached hydrogens (tertiary/aromatic N) is 1. The number of aromatic carboxylic acids is 1. The Hall–Kier alpha value is -1.44. The molecule has 1 fully saturated rings. The lowest BCUT2D eigenvalue weighted by Crippen LogP contribution is -2.40. The van der Waals surface area contributed by atoms with Gasteiger partial charge in [0.2, 0.25) is 10.0 Å². The smallest absolute Gasteiger partial charge is 0.335 e. The number of methoxy groups -OCH3 is 1. The van der Waals surface area contributed by atoms with Crippen LogP contribution >= 0.6 is 0 Å². The maximum absolute atomic E-state index is 12.7. The minimum Gasteiger partial charge on any atom is -0.478 e. The highest BCUT2D eigenvalue weighted by atomic mass is 32.2. The number of sulfonamides is 1. The largest absolute Gasteiger partial charge is 0.478 e. The molecule has 0 spiro atoms. The summed E-state index contributed by atoms with van der Waals surface area (Å²) in [6.07, 6.45) is 1.38. The highest BCUT2D eigenvalue weighted by Crippen LogP contribution is 2.25. The quantitative estimate of drug-likeness (QED) is 0.910. The monoisotopic (exact) mass is 313 g/mol. The Kier molecular flexibility index (Phi) is 4.65. The van der Waals surface area contributed by atoms with Crippen LogP contribution in [0.15, 0.2) is 23.1 Å². The number of carboxylic acids is 1. The third-order valence-electron chi connectivity index (χ3n) is 3.87. The van der Waals surface area contributed by atoms with Crippen molar-refractivity contribution in [2.75, 3.05) is 20.2 Å². The second kappa shape index (κ2) is 6.13. The Balaban J connectivity index is 2.33. The second-order valence-electron chi connectivity index (χ2n) is 5.07. The lowest BCUT2D eigenvalue weighted by Gasteiger charge is -2.30. The summed E-state index contributed by atoms with van der Waals surface area (Å²) in [7, 11) is -2.05. The third kappa shape index (κ3) is 3.09. The fraction of sp³-hybridized carbons (Fsp3) is 0.500. The molecule has 1 aliphatic rings. The van der Waals surface area contributed by atoms with Gasteiger partial charge >= 0.3 is 5.97 Å². The molecule has 0 unspecified atom stereocenters. The molecule has 6 nitrogen and oxygen atoms in total. The molecule has 2 rings (SSSR count). The molecule has 0 saturated carbocycles. The third-order valence-corrected chi connectivity index (χ3v) is 5.91. The van der Waals surface area contributed by atoms with Crippen LogP contribution in [0.4, 0.5) is 0 Å². The molecule has 21 heavy (non-hydrogen) atoms. The average molecular weight is 313 g/mol. The van der Waals surface area contributed by atoms with Crippen molar-refractivity contribution in [3.8, 4) is 0 Å². The molecule has 0 radical (unpaired) electrons. The van der Waals surface area contributed by atoms with Crippen LogP contribution in [-0.2, 0) is 14.8 Å². The van der Waals surface area contributed by atoms with E-state index in [0.29, 0.717) is 25.9 Å². The summed E-state index contributed by atoms with van der Waals surface area (Å²) in [6.45, 7) is 2.30. The van der Waals surface area contributed by atoms with Gasteiger partial charge in [0.15, 0.2) is 0 Å². The molecule has 0 aliphatic carbocycles. The number of hydrogen-bond acceptors (Lipinski definition) is 4. The van der Waals surface area contributed by atoms with Gasteiger partial charge in [-0.2, -0.15) is 4.31 Å². The van der Waals surface area contributed by atoms with Gasteiger partial charge in [0.1, 0.15) is 0 Å². The van der Waals surface area contributed by atoms with Gasteiger partial charge in [0, 0.05) is 20.2 Å². The predicted molar refractivity (Wildman–Crippen MR) is 76.9 cm³/mol. The van der Waals surface area contributed by atoms with Crippen LogP contribution in [0.5, 0.6) is 0 Å². The van der Waals surface area contributed by atoms with Gasteiger partial charge in [-0.15, -0.1) is 0 Å². The molecular weight excluding hydrogens is 294 g/mol. The maximum Gasteiger partial charge on any atom is 0.335 e. The fourth-order valence-electron chi connectivity index (χ4n) is 2.57. The molecule has 1 aromatic carbocycles.